The van der Waals surface area contributed by atoms with E-state index in [9.17, 15) is 13.2 Å². The summed E-state index contributed by atoms with van der Waals surface area (Å²) in [5, 5.41) is 0. The van der Waals surface area contributed by atoms with E-state index in [-0.39, 0.29) is 22.9 Å². The molecule has 0 aliphatic carbocycles. The second-order valence-corrected chi connectivity index (χ2v) is 10.2. The van der Waals surface area contributed by atoms with Crippen molar-refractivity contribution in [3.05, 3.63) is 65.0 Å². The summed E-state index contributed by atoms with van der Waals surface area (Å²) in [4.78, 5) is 4.55. The van der Waals surface area contributed by atoms with Crippen LogP contribution in [0.25, 0.3) is 0 Å². The third-order valence-corrected chi connectivity index (χ3v) is 5.18. The van der Waals surface area contributed by atoms with E-state index < -0.39 is 11.7 Å². The molecule has 4 N–H and O–H groups in total. The van der Waals surface area contributed by atoms with Gasteiger partial charge in [-0.05, 0) is 59.4 Å². The van der Waals surface area contributed by atoms with Gasteiger partial charge in [0.25, 0.3) is 0 Å². The molecule has 2 rings (SSSR count). The molecule has 2 unspecified atom stereocenters. The summed E-state index contributed by atoms with van der Waals surface area (Å²) >= 11 is 0. The van der Waals surface area contributed by atoms with E-state index in [4.69, 9.17) is 11.5 Å². The standard InChI is InChI=1S/C24H34F3N3/c1-22(2,3)13-20(29)21-11-6-16(15-30-21)12-23(4,5)14-19(28)17-7-9-18(10-8-17)24(25,26)27/h6-11,15,19-20H,12-14,28-29H2,1-5H3. The third-order valence-electron chi connectivity index (χ3n) is 5.18. The van der Waals surface area contributed by atoms with Gasteiger partial charge < -0.3 is 11.5 Å². The molecule has 0 saturated carbocycles. The predicted octanol–water partition coefficient (Wildman–Crippen LogP) is 6.20. The molecule has 0 bridgehead atoms. The second-order valence-electron chi connectivity index (χ2n) is 10.2. The Kier molecular flexibility index (Phi) is 7.36. The Morgan fingerprint density at radius 2 is 1.43 bits per heavy atom. The second kappa shape index (κ2) is 9.06. The molecular weight excluding hydrogens is 387 g/mol. The lowest BCUT2D eigenvalue weighted by molar-refractivity contribution is -0.137. The maximum Gasteiger partial charge on any atom is 0.416 e. The van der Waals surface area contributed by atoms with Gasteiger partial charge in [0.1, 0.15) is 0 Å². The van der Waals surface area contributed by atoms with Crippen molar-refractivity contribution in [2.24, 2.45) is 22.3 Å². The minimum atomic E-state index is -4.34. The highest BCUT2D eigenvalue weighted by atomic mass is 19.4. The van der Waals surface area contributed by atoms with Gasteiger partial charge in [0.05, 0.1) is 11.3 Å². The normalized spacial score (nSPS) is 15.1. The number of hydrogen-bond donors (Lipinski definition) is 2. The average molecular weight is 422 g/mol. The molecule has 0 aliphatic rings. The van der Waals surface area contributed by atoms with E-state index in [1.54, 1.807) is 0 Å². The number of nitrogens with zero attached hydrogens (tertiary/aromatic N) is 1. The maximum atomic E-state index is 12.7. The van der Waals surface area contributed by atoms with Crippen molar-refractivity contribution in [2.75, 3.05) is 0 Å². The van der Waals surface area contributed by atoms with Gasteiger partial charge in [-0.1, -0.05) is 52.8 Å². The molecule has 0 aliphatic heterocycles. The first-order chi connectivity index (χ1) is 13.7. The van der Waals surface area contributed by atoms with Crippen LogP contribution in [0, 0.1) is 10.8 Å². The van der Waals surface area contributed by atoms with E-state index in [0.29, 0.717) is 12.0 Å². The van der Waals surface area contributed by atoms with Crippen LogP contribution < -0.4 is 11.5 Å². The lowest BCUT2D eigenvalue weighted by Gasteiger charge is -2.28. The average Bonchev–Trinajstić information content (AvgIpc) is 2.59. The number of pyridine rings is 1. The van der Waals surface area contributed by atoms with Crippen molar-refractivity contribution in [1.82, 2.24) is 4.98 Å². The topological polar surface area (TPSA) is 64.9 Å². The van der Waals surface area contributed by atoms with Crippen molar-refractivity contribution in [1.29, 1.82) is 0 Å². The molecular formula is C24H34F3N3. The fourth-order valence-corrected chi connectivity index (χ4v) is 3.78. The summed E-state index contributed by atoms with van der Waals surface area (Å²) in [6, 6.07) is 8.72. The molecule has 0 fully saturated rings. The molecule has 3 nitrogen and oxygen atoms in total. The number of halogens is 3. The molecule has 0 saturated heterocycles. The van der Waals surface area contributed by atoms with Crippen molar-refractivity contribution < 1.29 is 13.2 Å². The summed E-state index contributed by atoms with van der Waals surface area (Å²) in [5.74, 6) is 0. The zero-order valence-electron chi connectivity index (χ0n) is 18.6. The Morgan fingerprint density at radius 1 is 0.833 bits per heavy atom. The van der Waals surface area contributed by atoms with Gasteiger partial charge in [-0.2, -0.15) is 13.2 Å². The van der Waals surface area contributed by atoms with Crippen LogP contribution in [0.5, 0.6) is 0 Å². The van der Waals surface area contributed by atoms with Crippen LogP contribution in [0.15, 0.2) is 42.6 Å². The molecule has 0 amide bonds. The zero-order valence-corrected chi connectivity index (χ0v) is 18.6. The first kappa shape index (κ1) is 24.4. The molecule has 1 aromatic carbocycles. The Bertz CT molecular complexity index is 804. The highest BCUT2D eigenvalue weighted by Crippen LogP contribution is 2.34. The minimum absolute atomic E-state index is 0.0971. The van der Waals surface area contributed by atoms with Crippen molar-refractivity contribution >= 4 is 0 Å². The van der Waals surface area contributed by atoms with Crippen molar-refractivity contribution in [3.63, 3.8) is 0 Å². The lowest BCUT2D eigenvalue weighted by atomic mass is 9.79. The third kappa shape index (κ3) is 7.40. The fourth-order valence-electron chi connectivity index (χ4n) is 3.78. The van der Waals surface area contributed by atoms with Crippen molar-refractivity contribution in [2.45, 2.75) is 72.1 Å². The van der Waals surface area contributed by atoms with Crippen LogP contribution in [0.2, 0.25) is 0 Å². The first-order valence-corrected chi connectivity index (χ1v) is 10.3. The summed E-state index contributed by atoms with van der Waals surface area (Å²) < 4.78 is 38.2. The van der Waals surface area contributed by atoms with Crippen LogP contribution in [-0.4, -0.2) is 4.98 Å². The molecule has 1 heterocycles. The molecule has 1 aromatic heterocycles. The number of alkyl halides is 3. The molecule has 166 valence electrons. The largest absolute Gasteiger partial charge is 0.416 e. The smallest absolute Gasteiger partial charge is 0.324 e. The number of nitrogens with two attached hydrogens (primary N) is 2. The van der Waals surface area contributed by atoms with E-state index in [0.717, 1.165) is 36.2 Å². The number of rotatable bonds is 7. The van der Waals surface area contributed by atoms with E-state index in [1.807, 2.05) is 12.3 Å². The summed E-state index contributed by atoms with van der Waals surface area (Å²) in [6.07, 6.45) is -0.209. The predicted molar refractivity (Wildman–Crippen MR) is 116 cm³/mol. The fraction of sp³-hybridized carbons (Fsp3) is 0.542. The molecule has 2 atom stereocenters. The van der Waals surface area contributed by atoms with Crippen LogP contribution in [-0.2, 0) is 12.6 Å². The SMILES string of the molecule is CC(C)(C)CC(N)c1ccc(CC(C)(C)CC(N)c2ccc(C(F)(F)F)cc2)cn1. The summed E-state index contributed by atoms with van der Waals surface area (Å²) in [6.45, 7) is 10.7. The molecule has 0 radical (unpaired) electrons. The van der Waals surface area contributed by atoms with Gasteiger partial charge in [0, 0.05) is 18.3 Å². The van der Waals surface area contributed by atoms with Crippen LogP contribution >= 0.6 is 0 Å². The minimum Gasteiger partial charge on any atom is -0.324 e. The van der Waals surface area contributed by atoms with Crippen molar-refractivity contribution in [3.8, 4) is 0 Å². The summed E-state index contributed by atoms with van der Waals surface area (Å²) in [5.41, 5.74) is 14.6. The Hall–Kier alpha value is -1.92. The van der Waals surface area contributed by atoms with Crippen LogP contribution in [0.1, 0.15) is 81.9 Å². The first-order valence-electron chi connectivity index (χ1n) is 10.3. The zero-order chi connectivity index (χ0) is 22.7. The quantitative estimate of drug-likeness (QED) is 0.560. The van der Waals surface area contributed by atoms with Gasteiger partial charge in [0.2, 0.25) is 0 Å². The van der Waals surface area contributed by atoms with E-state index in [2.05, 4.69) is 45.7 Å². The highest BCUT2D eigenvalue weighted by molar-refractivity contribution is 5.27. The lowest BCUT2D eigenvalue weighted by Crippen LogP contribution is -2.24. The number of benzene rings is 1. The van der Waals surface area contributed by atoms with Crippen LogP contribution in [0.4, 0.5) is 13.2 Å². The van der Waals surface area contributed by atoms with Gasteiger partial charge in [-0.15, -0.1) is 0 Å². The van der Waals surface area contributed by atoms with Gasteiger partial charge in [-0.3, -0.25) is 4.98 Å². The summed E-state index contributed by atoms with van der Waals surface area (Å²) in [7, 11) is 0. The Labute approximate surface area is 178 Å². The highest BCUT2D eigenvalue weighted by Gasteiger charge is 2.30. The molecule has 2 aromatic rings. The Morgan fingerprint density at radius 3 is 1.90 bits per heavy atom. The van der Waals surface area contributed by atoms with Gasteiger partial charge >= 0.3 is 6.18 Å². The van der Waals surface area contributed by atoms with E-state index >= 15 is 0 Å². The van der Waals surface area contributed by atoms with Gasteiger partial charge in [0.15, 0.2) is 0 Å². The van der Waals surface area contributed by atoms with Crippen LogP contribution in [0.3, 0.4) is 0 Å². The molecule has 0 spiro atoms. The Balaban J connectivity index is 2.00. The molecule has 30 heavy (non-hydrogen) atoms. The maximum absolute atomic E-state index is 12.7. The van der Waals surface area contributed by atoms with Gasteiger partial charge in [-0.25, -0.2) is 0 Å². The number of hydrogen-bond acceptors (Lipinski definition) is 3. The van der Waals surface area contributed by atoms with E-state index in [1.165, 1.54) is 12.1 Å². The monoisotopic (exact) mass is 421 g/mol. The number of aromatic nitrogens is 1. The molecule has 6 heteroatoms.